The number of carbonyl (C=O) groups is 2. The summed E-state index contributed by atoms with van der Waals surface area (Å²) in [7, 11) is 0. The molecule has 114 valence electrons. The zero-order valence-corrected chi connectivity index (χ0v) is 12.6. The molecular weight excluding hydrogens is 256 g/mol. The minimum atomic E-state index is -0.368. The summed E-state index contributed by atoms with van der Waals surface area (Å²) in [6.45, 7) is 6.09. The molecule has 2 aliphatic rings. The van der Waals surface area contributed by atoms with Gasteiger partial charge in [-0.2, -0.15) is 0 Å². The standard InChI is InChI=1S/C15H26N2O3/c1-11(2)14-15(19)17(9-7-13(18)16-14)8-3-5-12-6-4-10-20-12/h11-12,14H,3-10H2,1-2H3,(H,16,18). The van der Waals surface area contributed by atoms with Crippen LogP contribution in [0.3, 0.4) is 0 Å². The van der Waals surface area contributed by atoms with Crippen LogP contribution in [0.1, 0.15) is 46.0 Å². The van der Waals surface area contributed by atoms with E-state index in [1.807, 2.05) is 18.7 Å². The third-order valence-corrected chi connectivity index (χ3v) is 4.15. The van der Waals surface area contributed by atoms with Crippen LogP contribution in [0.4, 0.5) is 0 Å². The van der Waals surface area contributed by atoms with Crippen LogP contribution in [-0.4, -0.2) is 48.6 Å². The van der Waals surface area contributed by atoms with Gasteiger partial charge < -0.3 is 15.0 Å². The second kappa shape index (κ2) is 7.07. The van der Waals surface area contributed by atoms with Gasteiger partial charge in [0.1, 0.15) is 6.04 Å². The topological polar surface area (TPSA) is 58.6 Å². The summed E-state index contributed by atoms with van der Waals surface area (Å²) in [5, 5.41) is 2.83. The SMILES string of the molecule is CC(C)C1NC(=O)CCN(CCCC2CCCO2)C1=O. The molecule has 0 bridgehead atoms. The smallest absolute Gasteiger partial charge is 0.245 e. The van der Waals surface area contributed by atoms with Gasteiger partial charge in [0, 0.05) is 26.1 Å². The van der Waals surface area contributed by atoms with Crippen molar-refractivity contribution >= 4 is 11.8 Å². The van der Waals surface area contributed by atoms with Crippen molar-refractivity contribution in [2.75, 3.05) is 19.7 Å². The van der Waals surface area contributed by atoms with Crippen molar-refractivity contribution in [2.45, 2.75) is 58.1 Å². The molecule has 2 heterocycles. The monoisotopic (exact) mass is 282 g/mol. The lowest BCUT2D eigenvalue weighted by Gasteiger charge is -2.26. The van der Waals surface area contributed by atoms with Crippen LogP contribution in [0.15, 0.2) is 0 Å². The summed E-state index contributed by atoms with van der Waals surface area (Å²) in [5.74, 6) is 0.182. The third-order valence-electron chi connectivity index (χ3n) is 4.15. The normalized spacial score (nSPS) is 27.9. The van der Waals surface area contributed by atoms with Crippen molar-refractivity contribution in [2.24, 2.45) is 5.92 Å². The molecule has 1 N–H and O–H groups in total. The molecule has 2 rings (SSSR count). The predicted octanol–water partition coefficient (Wildman–Crippen LogP) is 1.32. The molecule has 0 aromatic heterocycles. The Labute approximate surface area is 121 Å². The van der Waals surface area contributed by atoms with Crippen LogP contribution >= 0.6 is 0 Å². The predicted molar refractivity (Wildman–Crippen MR) is 76.2 cm³/mol. The van der Waals surface area contributed by atoms with E-state index in [0.717, 1.165) is 38.8 Å². The second-order valence-electron chi connectivity index (χ2n) is 6.14. The molecule has 5 nitrogen and oxygen atoms in total. The van der Waals surface area contributed by atoms with Gasteiger partial charge >= 0.3 is 0 Å². The van der Waals surface area contributed by atoms with E-state index in [-0.39, 0.29) is 23.8 Å². The van der Waals surface area contributed by atoms with Crippen molar-refractivity contribution in [3.8, 4) is 0 Å². The molecule has 0 radical (unpaired) electrons. The Balaban J connectivity index is 1.84. The van der Waals surface area contributed by atoms with Gasteiger partial charge in [0.05, 0.1) is 6.10 Å². The Morgan fingerprint density at radius 2 is 2.20 bits per heavy atom. The molecule has 2 aliphatic heterocycles. The van der Waals surface area contributed by atoms with Gasteiger partial charge in [-0.1, -0.05) is 13.8 Å². The van der Waals surface area contributed by atoms with Crippen LogP contribution in [0.5, 0.6) is 0 Å². The quantitative estimate of drug-likeness (QED) is 0.827. The maximum absolute atomic E-state index is 12.4. The molecular formula is C15H26N2O3. The number of ether oxygens (including phenoxy) is 1. The van der Waals surface area contributed by atoms with Crippen LogP contribution in [0, 0.1) is 5.92 Å². The summed E-state index contributed by atoms with van der Waals surface area (Å²) in [6.07, 6.45) is 5.05. The largest absolute Gasteiger partial charge is 0.378 e. The second-order valence-corrected chi connectivity index (χ2v) is 6.14. The molecule has 0 saturated carbocycles. The van der Waals surface area contributed by atoms with E-state index in [4.69, 9.17) is 4.74 Å². The highest BCUT2D eigenvalue weighted by Gasteiger charge is 2.31. The molecule has 2 fully saturated rings. The summed E-state index contributed by atoms with van der Waals surface area (Å²) >= 11 is 0. The van der Waals surface area contributed by atoms with E-state index in [1.54, 1.807) is 0 Å². The zero-order valence-electron chi connectivity index (χ0n) is 12.6. The average molecular weight is 282 g/mol. The Bertz CT molecular complexity index is 351. The summed E-state index contributed by atoms with van der Waals surface area (Å²) in [6, 6.07) is -0.368. The highest BCUT2D eigenvalue weighted by Crippen LogP contribution is 2.18. The van der Waals surface area contributed by atoms with Gasteiger partial charge in [-0.3, -0.25) is 9.59 Å². The minimum absolute atomic E-state index is 0.0151. The molecule has 0 aromatic carbocycles. The van der Waals surface area contributed by atoms with E-state index >= 15 is 0 Å². The van der Waals surface area contributed by atoms with Crippen molar-refractivity contribution in [1.82, 2.24) is 10.2 Å². The molecule has 2 saturated heterocycles. The average Bonchev–Trinajstić information content (AvgIpc) is 2.87. The molecule has 2 amide bonds. The Hall–Kier alpha value is -1.10. The highest BCUT2D eigenvalue weighted by molar-refractivity contribution is 5.90. The fourth-order valence-corrected chi connectivity index (χ4v) is 2.91. The lowest BCUT2D eigenvalue weighted by molar-refractivity contribution is -0.134. The Morgan fingerprint density at radius 3 is 2.85 bits per heavy atom. The van der Waals surface area contributed by atoms with Crippen molar-refractivity contribution < 1.29 is 14.3 Å². The zero-order chi connectivity index (χ0) is 14.5. The van der Waals surface area contributed by atoms with Gasteiger partial charge in [-0.25, -0.2) is 0 Å². The number of nitrogens with one attached hydrogen (secondary N) is 1. The summed E-state index contributed by atoms with van der Waals surface area (Å²) in [4.78, 5) is 25.9. The summed E-state index contributed by atoms with van der Waals surface area (Å²) < 4.78 is 5.60. The Morgan fingerprint density at radius 1 is 1.40 bits per heavy atom. The molecule has 20 heavy (non-hydrogen) atoms. The highest BCUT2D eigenvalue weighted by atomic mass is 16.5. The van der Waals surface area contributed by atoms with Crippen LogP contribution in [0.25, 0.3) is 0 Å². The van der Waals surface area contributed by atoms with Crippen molar-refractivity contribution in [3.63, 3.8) is 0 Å². The molecule has 0 aliphatic carbocycles. The number of hydrogen-bond acceptors (Lipinski definition) is 3. The first-order chi connectivity index (χ1) is 9.58. The Kier molecular flexibility index (Phi) is 5.40. The van der Waals surface area contributed by atoms with E-state index in [9.17, 15) is 9.59 Å². The fraction of sp³-hybridized carbons (Fsp3) is 0.867. The van der Waals surface area contributed by atoms with E-state index in [1.165, 1.54) is 0 Å². The number of amides is 2. The van der Waals surface area contributed by atoms with E-state index < -0.39 is 0 Å². The first-order valence-corrected chi connectivity index (χ1v) is 7.77. The van der Waals surface area contributed by atoms with E-state index in [2.05, 4.69) is 5.32 Å². The maximum Gasteiger partial charge on any atom is 0.245 e. The van der Waals surface area contributed by atoms with Gasteiger partial charge in [-0.05, 0) is 31.6 Å². The van der Waals surface area contributed by atoms with Gasteiger partial charge in [0.15, 0.2) is 0 Å². The molecule has 0 spiro atoms. The molecule has 2 atom stereocenters. The van der Waals surface area contributed by atoms with Gasteiger partial charge in [0.2, 0.25) is 11.8 Å². The summed E-state index contributed by atoms with van der Waals surface area (Å²) in [5.41, 5.74) is 0. The first kappa shape index (κ1) is 15.3. The lowest BCUT2D eigenvalue weighted by Crippen LogP contribution is -2.48. The van der Waals surface area contributed by atoms with Crippen molar-refractivity contribution in [1.29, 1.82) is 0 Å². The minimum Gasteiger partial charge on any atom is -0.378 e. The van der Waals surface area contributed by atoms with Crippen LogP contribution in [-0.2, 0) is 14.3 Å². The fourth-order valence-electron chi connectivity index (χ4n) is 2.91. The number of nitrogens with zero attached hydrogens (tertiary/aromatic N) is 1. The first-order valence-electron chi connectivity index (χ1n) is 7.77. The maximum atomic E-state index is 12.4. The molecule has 0 aromatic rings. The molecule has 2 unspecified atom stereocenters. The van der Waals surface area contributed by atoms with Crippen LogP contribution in [0.2, 0.25) is 0 Å². The van der Waals surface area contributed by atoms with Crippen molar-refractivity contribution in [3.05, 3.63) is 0 Å². The third kappa shape index (κ3) is 3.95. The van der Waals surface area contributed by atoms with Crippen LogP contribution < -0.4 is 5.32 Å². The number of rotatable bonds is 5. The lowest BCUT2D eigenvalue weighted by atomic mass is 10.0. The number of hydrogen-bond donors (Lipinski definition) is 1. The van der Waals surface area contributed by atoms with Gasteiger partial charge in [-0.15, -0.1) is 0 Å². The van der Waals surface area contributed by atoms with E-state index in [0.29, 0.717) is 19.1 Å². The van der Waals surface area contributed by atoms with Gasteiger partial charge in [0.25, 0.3) is 0 Å². The number of carbonyl (C=O) groups excluding carboxylic acids is 2. The molecule has 5 heteroatoms.